The van der Waals surface area contributed by atoms with Crippen LogP contribution >= 0.6 is 0 Å². The summed E-state index contributed by atoms with van der Waals surface area (Å²) in [6, 6.07) is 11.4. The number of carboxylic acids is 1. The van der Waals surface area contributed by atoms with Crippen LogP contribution in [0.3, 0.4) is 0 Å². The highest BCUT2D eigenvalue weighted by Crippen LogP contribution is 2.14. The molecule has 0 bridgehead atoms. The molecule has 0 saturated carbocycles. The summed E-state index contributed by atoms with van der Waals surface area (Å²) in [6.07, 6.45) is 0. The van der Waals surface area contributed by atoms with Crippen molar-refractivity contribution in [1.29, 1.82) is 0 Å². The van der Waals surface area contributed by atoms with Crippen molar-refractivity contribution in [3.05, 3.63) is 59.0 Å². The van der Waals surface area contributed by atoms with Crippen LogP contribution in [-0.4, -0.2) is 23.0 Å². The average Bonchev–Trinajstić information content (AvgIpc) is 2.80. The zero-order chi connectivity index (χ0) is 13.8. The topological polar surface area (TPSA) is 53.7 Å². The molecule has 0 atom stereocenters. The highest BCUT2D eigenvalue weighted by atomic mass is 16.4. The summed E-state index contributed by atoms with van der Waals surface area (Å²) in [7, 11) is 1.98. The summed E-state index contributed by atoms with van der Waals surface area (Å²) >= 11 is 0. The van der Waals surface area contributed by atoms with E-state index in [1.807, 2.05) is 19.2 Å². The Morgan fingerprint density at radius 2 is 1.95 bits per heavy atom. The lowest BCUT2D eigenvalue weighted by atomic mass is 10.1. The molecule has 0 spiro atoms. The standard InChI is InChI=1S/C15H17NO3/c1-11-5-3-4-6-12(11)9-16(2)10-13-7-8-14(19-13)15(17)18/h3-8H,9-10H2,1-2H3,(H,17,18). The van der Waals surface area contributed by atoms with E-state index in [1.165, 1.54) is 17.2 Å². The molecule has 0 fully saturated rings. The molecule has 0 aliphatic carbocycles. The Morgan fingerprint density at radius 1 is 1.21 bits per heavy atom. The predicted molar refractivity (Wildman–Crippen MR) is 72.0 cm³/mol. The minimum atomic E-state index is -1.03. The van der Waals surface area contributed by atoms with Crippen LogP contribution in [0.15, 0.2) is 40.8 Å². The smallest absolute Gasteiger partial charge is 0.371 e. The molecule has 1 N–H and O–H groups in total. The van der Waals surface area contributed by atoms with Gasteiger partial charge in [-0.05, 0) is 37.2 Å². The number of carbonyl (C=O) groups is 1. The Kier molecular flexibility index (Phi) is 4.02. The van der Waals surface area contributed by atoms with E-state index in [4.69, 9.17) is 9.52 Å². The summed E-state index contributed by atoms with van der Waals surface area (Å²) in [6.45, 7) is 3.47. The van der Waals surface area contributed by atoms with Gasteiger partial charge in [0.25, 0.3) is 0 Å². The van der Waals surface area contributed by atoms with Crippen LogP contribution in [0, 0.1) is 6.92 Å². The molecule has 19 heavy (non-hydrogen) atoms. The van der Waals surface area contributed by atoms with Crippen molar-refractivity contribution >= 4 is 5.97 Å². The second-order valence-corrected chi connectivity index (χ2v) is 4.67. The maximum Gasteiger partial charge on any atom is 0.371 e. The van der Waals surface area contributed by atoms with E-state index in [-0.39, 0.29) is 5.76 Å². The lowest BCUT2D eigenvalue weighted by molar-refractivity contribution is 0.0658. The number of aryl methyl sites for hydroxylation is 1. The first-order chi connectivity index (χ1) is 9.06. The molecular formula is C15H17NO3. The number of carboxylic acid groups (broad SMARTS) is 1. The molecule has 1 aromatic carbocycles. The Bertz CT molecular complexity index is 574. The zero-order valence-corrected chi connectivity index (χ0v) is 11.1. The molecule has 4 heteroatoms. The predicted octanol–water partition coefficient (Wildman–Crippen LogP) is 2.92. The van der Waals surface area contributed by atoms with E-state index < -0.39 is 5.97 Å². The van der Waals surface area contributed by atoms with Crippen molar-refractivity contribution in [3.63, 3.8) is 0 Å². The first kappa shape index (κ1) is 13.4. The van der Waals surface area contributed by atoms with Crippen LogP contribution < -0.4 is 0 Å². The molecule has 0 saturated heterocycles. The quantitative estimate of drug-likeness (QED) is 0.897. The summed E-state index contributed by atoms with van der Waals surface area (Å²) in [4.78, 5) is 12.8. The van der Waals surface area contributed by atoms with Crippen molar-refractivity contribution in [1.82, 2.24) is 4.90 Å². The lowest BCUT2D eigenvalue weighted by Crippen LogP contribution is -2.17. The van der Waals surface area contributed by atoms with Gasteiger partial charge in [0.2, 0.25) is 5.76 Å². The minimum absolute atomic E-state index is 0.0145. The Labute approximate surface area is 112 Å². The molecule has 0 aliphatic rings. The maximum absolute atomic E-state index is 10.7. The van der Waals surface area contributed by atoms with Gasteiger partial charge in [-0.1, -0.05) is 24.3 Å². The molecule has 0 radical (unpaired) electrons. The zero-order valence-electron chi connectivity index (χ0n) is 11.1. The summed E-state index contributed by atoms with van der Waals surface area (Å²) in [5, 5.41) is 8.80. The lowest BCUT2D eigenvalue weighted by Gasteiger charge is -2.16. The van der Waals surface area contributed by atoms with Gasteiger partial charge in [0, 0.05) is 6.54 Å². The van der Waals surface area contributed by atoms with Gasteiger partial charge in [-0.25, -0.2) is 4.79 Å². The van der Waals surface area contributed by atoms with Crippen molar-refractivity contribution in [2.45, 2.75) is 20.0 Å². The van der Waals surface area contributed by atoms with Gasteiger partial charge in [0.05, 0.1) is 6.54 Å². The second-order valence-electron chi connectivity index (χ2n) is 4.67. The van der Waals surface area contributed by atoms with Crippen LogP contribution in [0.2, 0.25) is 0 Å². The molecule has 2 aromatic rings. The molecular weight excluding hydrogens is 242 g/mol. The number of furan rings is 1. The number of hydrogen-bond donors (Lipinski definition) is 1. The third-order valence-electron chi connectivity index (χ3n) is 3.00. The third-order valence-corrected chi connectivity index (χ3v) is 3.00. The molecule has 0 aliphatic heterocycles. The third kappa shape index (κ3) is 3.45. The van der Waals surface area contributed by atoms with Crippen LogP contribution in [0.25, 0.3) is 0 Å². The summed E-state index contributed by atoms with van der Waals surface area (Å²) in [5.74, 6) is -0.388. The van der Waals surface area contributed by atoms with E-state index in [2.05, 4.69) is 24.0 Å². The number of nitrogens with zero attached hydrogens (tertiary/aromatic N) is 1. The number of benzene rings is 1. The van der Waals surface area contributed by atoms with Crippen LogP contribution in [0.1, 0.15) is 27.4 Å². The highest BCUT2D eigenvalue weighted by molar-refractivity contribution is 5.84. The van der Waals surface area contributed by atoms with Gasteiger partial charge in [-0.3, -0.25) is 4.90 Å². The molecule has 4 nitrogen and oxygen atoms in total. The van der Waals surface area contributed by atoms with E-state index in [9.17, 15) is 4.79 Å². The fourth-order valence-corrected chi connectivity index (χ4v) is 1.98. The SMILES string of the molecule is Cc1ccccc1CN(C)Cc1ccc(C(=O)O)o1. The van der Waals surface area contributed by atoms with Gasteiger partial charge in [-0.2, -0.15) is 0 Å². The largest absolute Gasteiger partial charge is 0.475 e. The minimum Gasteiger partial charge on any atom is -0.475 e. The summed E-state index contributed by atoms with van der Waals surface area (Å²) < 4.78 is 5.24. The Hall–Kier alpha value is -2.07. The highest BCUT2D eigenvalue weighted by Gasteiger charge is 2.11. The van der Waals surface area contributed by atoms with Gasteiger partial charge >= 0.3 is 5.97 Å². The molecule has 0 amide bonds. The molecule has 0 unspecified atom stereocenters. The molecule has 2 rings (SSSR count). The number of rotatable bonds is 5. The van der Waals surface area contributed by atoms with Crippen LogP contribution in [0.5, 0.6) is 0 Å². The normalized spacial score (nSPS) is 10.9. The van der Waals surface area contributed by atoms with Gasteiger partial charge in [0.15, 0.2) is 0 Å². The Balaban J connectivity index is 1.99. The van der Waals surface area contributed by atoms with Crippen molar-refractivity contribution < 1.29 is 14.3 Å². The van der Waals surface area contributed by atoms with Crippen LogP contribution in [-0.2, 0) is 13.1 Å². The first-order valence-electron chi connectivity index (χ1n) is 6.11. The molecule has 100 valence electrons. The monoisotopic (exact) mass is 259 g/mol. The molecule has 1 heterocycles. The second kappa shape index (κ2) is 5.71. The van der Waals surface area contributed by atoms with E-state index in [0.717, 1.165) is 6.54 Å². The van der Waals surface area contributed by atoms with Gasteiger partial charge < -0.3 is 9.52 Å². The fourth-order valence-electron chi connectivity index (χ4n) is 1.98. The van der Waals surface area contributed by atoms with E-state index in [1.54, 1.807) is 6.07 Å². The van der Waals surface area contributed by atoms with Gasteiger partial charge in [0.1, 0.15) is 5.76 Å². The van der Waals surface area contributed by atoms with Crippen molar-refractivity contribution in [2.75, 3.05) is 7.05 Å². The van der Waals surface area contributed by atoms with Crippen molar-refractivity contribution in [3.8, 4) is 0 Å². The first-order valence-corrected chi connectivity index (χ1v) is 6.11. The number of aromatic carboxylic acids is 1. The Morgan fingerprint density at radius 3 is 2.58 bits per heavy atom. The average molecular weight is 259 g/mol. The fraction of sp³-hybridized carbons (Fsp3) is 0.267. The van der Waals surface area contributed by atoms with E-state index in [0.29, 0.717) is 12.3 Å². The van der Waals surface area contributed by atoms with Gasteiger partial charge in [-0.15, -0.1) is 0 Å². The van der Waals surface area contributed by atoms with E-state index >= 15 is 0 Å². The molecule has 1 aromatic heterocycles. The maximum atomic E-state index is 10.7. The van der Waals surface area contributed by atoms with Crippen molar-refractivity contribution in [2.24, 2.45) is 0 Å². The van der Waals surface area contributed by atoms with Crippen LogP contribution in [0.4, 0.5) is 0 Å². The number of hydrogen-bond acceptors (Lipinski definition) is 3. The summed E-state index contributed by atoms with van der Waals surface area (Å²) in [5.41, 5.74) is 2.51.